The summed E-state index contributed by atoms with van der Waals surface area (Å²) >= 11 is 0. The van der Waals surface area contributed by atoms with Gasteiger partial charge in [-0.15, -0.1) is 0 Å². The van der Waals surface area contributed by atoms with Crippen molar-refractivity contribution in [3.8, 4) is 0 Å². The predicted molar refractivity (Wildman–Crippen MR) is 93.3 cm³/mol. The largest absolute Gasteiger partial charge is 0.393 e. The Morgan fingerprint density at radius 2 is 2.04 bits per heavy atom. The fourth-order valence-corrected chi connectivity index (χ4v) is 3.27. The second-order valence-electron chi connectivity index (χ2n) is 6.83. The SMILES string of the molecule is O=C(CCc1ccc(F)c(F)c1)N[C@H](Cc1ccccn1)C1CC(O)C1. The summed E-state index contributed by atoms with van der Waals surface area (Å²) in [5, 5.41) is 12.6. The van der Waals surface area contributed by atoms with Crippen molar-refractivity contribution in [3.63, 3.8) is 0 Å². The van der Waals surface area contributed by atoms with E-state index in [4.69, 9.17) is 0 Å². The highest BCUT2D eigenvalue weighted by molar-refractivity contribution is 5.76. The number of amides is 1. The number of carbonyl (C=O) groups is 1. The van der Waals surface area contributed by atoms with E-state index in [-0.39, 0.29) is 30.4 Å². The number of halogens is 2. The molecule has 0 unspecified atom stereocenters. The molecule has 0 aliphatic heterocycles. The zero-order chi connectivity index (χ0) is 18.5. The Kier molecular flexibility index (Phi) is 5.93. The summed E-state index contributed by atoms with van der Waals surface area (Å²) in [4.78, 5) is 16.6. The van der Waals surface area contributed by atoms with Gasteiger partial charge in [0.15, 0.2) is 11.6 Å². The van der Waals surface area contributed by atoms with Gasteiger partial charge in [0.1, 0.15) is 0 Å². The third kappa shape index (κ3) is 4.85. The van der Waals surface area contributed by atoms with Gasteiger partial charge in [0.25, 0.3) is 0 Å². The first-order chi connectivity index (χ1) is 12.5. The molecule has 0 radical (unpaired) electrons. The van der Waals surface area contributed by atoms with Crippen molar-refractivity contribution in [2.24, 2.45) is 5.92 Å². The number of hydrogen-bond acceptors (Lipinski definition) is 3. The lowest BCUT2D eigenvalue weighted by molar-refractivity contribution is -0.122. The van der Waals surface area contributed by atoms with Crippen LogP contribution in [-0.4, -0.2) is 28.1 Å². The van der Waals surface area contributed by atoms with Gasteiger partial charge in [0, 0.05) is 30.8 Å². The molecule has 1 aliphatic carbocycles. The van der Waals surface area contributed by atoms with E-state index in [1.807, 2.05) is 18.2 Å². The van der Waals surface area contributed by atoms with Gasteiger partial charge < -0.3 is 10.4 Å². The maximum atomic E-state index is 13.2. The van der Waals surface area contributed by atoms with Crippen LogP contribution in [0.1, 0.15) is 30.5 Å². The van der Waals surface area contributed by atoms with Crippen LogP contribution in [0, 0.1) is 17.6 Å². The maximum Gasteiger partial charge on any atom is 0.220 e. The molecule has 26 heavy (non-hydrogen) atoms. The van der Waals surface area contributed by atoms with E-state index in [1.54, 1.807) is 6.20 Å². The first kappa shape index (κ1) is 18.5. The van der Waals surface area contributed by atoms with Crippen LogP contribution in [-0.2, 0) is 17.6 Å². The van der Waals surface area contributed by atoms with Crippen molar-refractivity contribution in [1.82, 2.24) is 10.3 Å². The van der Waals surface area contributed by atoms with E-state index in [0.717, 1.165) is 17.8 Å². The molecule has 1 atom stereocenters. The van der Waals surface area contributed by atoms with Crippen molar-refractivity contribution in [3.05, 3.63) is 65.5 Å². The molecule has 1 amide bonds. The third-order valence-electron chi connectivity index (χ3n) is 4.85. The lowest BCUT2D eigenvalue weighted by Gasteiger charge is -2.38. The summed E-state index contributed by atoms with van der Waals surface area (Å²) in [5.41, 5.74) is 1.47. The van der Waals surface area contributed by atoms with E-state index >= 15 is 0 Å². The van der Waals surface area contributed by atoms with Crippen LogP contribution < -0.4 is 5.32 Å². The average molecular weight is 360 g/mol. The molecule has 1 aromatic carbocycles. The molecule has 1 saturated carbocycles. The molecular formula is C20H22F2N2O2. The molecule has 2 N–H and O–H groups in total. The minimum absolute atomic E-state index is 0.0919. The van der Waals surface area contributed by atoms with Gasteiger partial charge in [0.2, 0.25) is 5.91 Å². The van der Waals surface area contributed by atoms with Crippen molar-refractivity contribution in [2.45, 2.75) is 44.2 Å². The monoisotopic (exact) mass is 360 g/mol. The maximum absolute atomic E-state index is 13.2. The second kappa shape index (κ2) is 8.36. The fraction of sp³-hybridized carbons (Fsp3) is 0.400. The lowest BCUT2D eigenvalue weighted by atomic mass is 9.76. The second-order valence-corrected chi connectivity index (χ2v) is 6.83. The number of aryl methyl sites for hydroxylation is 1. The minimum atomic E-state index is -0.903. The van der Waals surface area contributed by atoms with Gasteiger partial charge >= 0.3 is 0 Å². The Balaban J connectivity index is 1.56. The number of nitrogens with one attached hydrogen (secondary N) is 1. The van der Waals surface area contributed by atoms with Gasteiger partial charge in [-0.2, -0.15) is 0 Å². The predicted octanol–water partition coefficient (Wildman–Crippen LogP) is 2.79. The van der Waals surface area contributed by atoms with Crippen LogP contribution in [0.2, 0.25) is 0 Å². The highest BCUT2D eigenvalue weighted by Crippen LogP contribution is 2.31. The van der Waals surface area contributed by atoms with E-state index in [0.29, 0.717) is 31.2 Å². The zero-order valence-corrected chi connectivity index (χ0v) is 14.4. The number of aliphatic hydroxyl groups is 1. The molecule has 1 fully saturated rings. The first-order valence-corrected chi connectivity index (χ1v) is 8.82. The highest BCUT2D eigenvalue weighted by Gasteiger charge is 2.34. The summed E-state index contributed by atoms with van der Waals surface area (Å²) in [6.07, 6.45) is 3.89. The molecule has 1 aromatic heterocycles. The Morgan fingerprint density at radius 3 is 2.69 bits per heavy atom. The quantitative estimate of drug-likeness (QED) is 0.798. The van der Waals surface area contributed by atoms with Gasteiger partial charge in [0.05, 0.1) is 6.10 Å². The summed E-state index contributed by atoms with van der Waals surface area (Å²) in [6, 6.07) is 9.24. The van der Waals surface area contributed by atoms with Gasteiger partial charge in [-0.1, -0.05) is 12.1 Å². The van der Waals surface area contributed by atoms with Gasteiger partial charge in [-0.25, -0.2) is 8.78 Å². The summed E-state index contributed by atoms with van der Waals surface area (Å²) in [5.74, 6) is -1.71. The van der Waals surface area contributed by atoms with Crippen LogP contribution in [0.3, 0.4) is 0 Å². The number of aliphatic hydroxyl groups excluding tert-OH is 1. The van der Waals surface area contributed by atoms with Gasteiger partial charge in [-0.3, -0.25) is 9.78 Å². The van der Waals surface area contributed by atoms with Crippen LogP contribution in [0.4, 0.5) is 8.78 Å². The summed E-state index contributed by atoms with van der Waals surface area (Å²) in [6.45, 7) is 0. The number of nitrogens with zero attached hydrogens (tertiary/aromatic N) is 1. The number of rotatable bonds is 7. The molecule has 6 heteroatoms. The standard InChI is InChI=1S/C20H22F2N2O2/c21-17-6-4-13(9-18(17)22)5-7-20(26)24-19(14-10-16(25)11-14)12-15-3-1-2-8-23-15/h1-4,6,8-9,14,16,19,25H,5,7,10-12H2,(H,24,26)/t14?,16?,19-/m1/s1. The third-order valence-corrected chi connectivity index (χ3v) is 4.85. The highest BCUT2D eigenvalue weighted by atomic mass is 19.2. The number of pyridine rings is 1. The molecule has 2 aromatic rings. The Bertz CT molecular complexity index is 749. The van der Waals surface area contributed by atoms with Crippen LogP contribution in [0.25, 0.3) is 0 Å². The molecule has 0 spiro atoms. The molecule has 1 aliphatic rings. The zero-order valence-electron chi connectivity index (χ0n) is 14.4. The fourth-order valence-electron chi connectivity index (χ4n) is 3.27. The van der Waals surface area contributed by atoms with E-state index in [1.165, 1.54) is 6.07 Å². The normalized spacial score (nSPS) is 20.3. The van der Waals surface area contributed by atoms with E-state index in [9.17, 15) is 18.7 Å². The van der Waals surface area contributed by atoms with Crippen molar-refractivity contribution in [1.29, 1.82) is 0 Å². The Hall–Kier alpha value is -2.34. The summed E-state index contributed by atoms with van der Waals surface area (Å²) in [7, 11) is 0. The van der Waals surface area contributed by atoms with Crippen molar-refractivity contribution < 1.29 is 18.7 Å². The molecule has 138 valence electrons. The van der Waals surface area contributed by atoms with E-state index in [2.05, 4.69) is 10.3 Å². The number of aromatic nitrogens is 1. The molecule has 0 bridgehead atoms. The molecule has 1 heterocycles. The minimum Gasteiger partial charge on any atom is -0.393 e. The van der Waals surface area contributed by atoms with Crippen molar-refractivity contribution >= 4 is 5.91 Å². The first-order valence-electron chi connectivity index (χ1n) is 8.82. The van der Waals surface area contributed by atoms with Crippen LogP contribution >= 0.6 is 0 Å². The number of benzene rings is 1. The Labute approximate surface area is 151 Å². The smallest absolute Gasteiger partial charge is 0.220 e. The average Bonchev–Trinajstić information content (AvgIpc) is 2.60. The number of hydrogen-bond donors (Lipinski definition) is 2. The van der Waals surface area contributed by atoms with Crippen LogP contribution in [0.5, 0.6) is 0 Å². The topological polar surface area (TPSA) is 62.2 Å². The lowest BCUT2D eigenvalue weighted by Crippen LogP contribution is -2.48. The van der Waals surface area contributed by atoms with E-state index < -0.39 is 11.6 Å². The van der Waals surface area contributed by atoms with Crippen LogP contribution in [0.15, 0.2) is 42.6 Å². The molecule has 0 saturated heterocycles. The van der Waals surface area contributed by atoms with Gasteiger partial charge in [-0.05, 0) is 55.0 Å². The molecular weight excluding hydrogens is 338 g/mol. The summed E-state index contributed by atoms with van der Waals surface area (Å²) < 4.78 is 26.2. The number of carbonyl (C=O) groups excluding carboxylic acids is 1. The van der Waals surface area contributed by atoms with Crippen molar-refractivity contribution in [2.75, 3.05) is 0 Å². The molecule has 3 rings (SSSR count). The Morgan fingerprint density at radius 1 is 1.23 bits per heavy atom. The molecule has 4 nitrogen and oxygen atoms in total.